The fourth-order valence-electron chi connectivity index (χ4n) is 2.26. The van der Waals surface area contributed by atoms with E-state index in [2.05, 4.69) is 0 Å². The van der Waals surface area contributed by atoms with Crippen molar-refractivity contribution in [3.05, 3.63) is 0 Å². The van der Waals surface area contributed by atoms with Gasteiger partial charge in [0.25, 0.3) is 0 Å². The van der Waals surface area contributed by atoms with Crippen LogP contribution >= 0.6 is 0 Å². The van der Waals surface area contributed by atoms with E-state index in [1.54, 1.807) is 11.9 Å². The SMILES string of the molecule is CN(C=O)C1(CC(=O)O)CCCCC1. The van der Waals surface area contributed by atoms with E-state index >= 15 is 0 Å². The minimum absolute atomic E-state index is 0.0717. The van der Waals surface area contributed by atoms with Crippen LogP contribution in [0.2, 0.25) is 0 Å². The minimum Gasteiger partial charge on any atom is -0.481 e. The molecule has 0 saturated heterocycles. The Bertz CT molecular complexity index is 221. The summed E-state index contributed by atoms with van der Waals surface area (Å²) in [5, 5.41) is 8.83. The average Bonchev–Trinajstić information content (AvgIpc) is 2.17. The van der Waals surface area contributed by atoms with Crippen LogP contribution in [0, 0.1) is 0 Å². The van der Waals surface area contributed by atoms with E-state index in [0.717, 1.165) is 38.5 Å². The number of carbonyl (C=O) groups is 2. The molecule has 1 amide bonds. The molecule has 0 spiro atoms. The summed E-state index contributed by atoms with van der Waals surface area (Å²) in [7, 11) is 1.68. The second-order valence-corrected chi connectivity index (χ2v) is 4.07. The molecule has 1 rings (SSSR count). The summed E-state index contributed by atoms with van der Waals surface area (Å²) in [5.41, 5.74) is -0.425. The summed E-state index contributed by atoms with van der Waals surface area (Å²) in [5.74, 6) is -0.819. The first-order valence-electron chi connectivity index (χ1n) is 5.01. The predicted octanol–water partition coefficient (Wildman–Crippen LogP) is 1.25. The third kappa shape index (κ3) is 2.25. The number of carboxylic acid groups (broad SMARTS) is 1. The third-order valence-corrected chi connectivity index (χ3v) is 3.17. The molecule has 1 aliphatic rings. The number of hydrogen-bond donors (Lipinski definition) is 1. The largest absolute Gasteiger partial charge is 0.481 e. The zero-order valence-corrected chi connectivity index (χ0v) is 8.53. The highest BCUT2D eigenvalue weighted by Crippen LogP contribution is 2.34. The molecule has 1 saturated carbocycles. The van der Waals surface area contributed by atoms with Crippen molar-refractivity contribution in [2.75, 3.05) is 7.05 Å². The van der Waals surface area contributed by atoms with Crippen molar-refractivity contribution in [2.24, 2.45) is 0 Å². The first-order valence-corrected chi connectivity index (χ1v) is 5.01. The van der Waals surface area contributed by atoms with Crippen molar-refractivity contribution in [3.63, 3.8) is 0 Å². The number of hydrogen-bond acceptors (Lipinski definition) is 2. The lowest BCUT2D eigenvalue weighted by Crippen LogP contribution is -2.48. The quantitative estimate of drug-likeness (QED) is 0.693. The highest BCUT2D eigenvalue weighted by Gasteiger charge is 2.37. The van der Waals surface area contributed by atoms with Crippen molar-refractivity contribution in [1.29, 1.82) is 0 Å². The van der Waals surface area contributed by atoms with Crippen LogP contribution in [0.1, 0.15) is 38.5 Å². The van der Waals surface area contributed by atoms with Gasteiger partial charge in [0.2, 0.25) is 6.41 Å². The fourth-order valence-corrected chi connectivity index (χ4v) is 2.26. The topological polar surface area (TPSA) is 57.6 Å². The van der Waals surface area contributed by atoms with Gasteiger partial charge >= 0.3 is 5.97 Å². The van der Waals surface area contributed by atoms with Gasteiger partial charge in [0.05, 0.1) is 12.0 Å². The number of carboxylic acids is 1. The number of rotatable bonds is 4. The standard InChI is InChI=1S/C10H17NO3/c1-11(8-12)10(7-9(13)14)5-3-2-4-6-10/h8H,2-7H2,1H3,(H,13,14). The van der Waals surface area contributed by atoms with Gasteiger partial charge in [0.15, 0.2) is 0 Å². The fraction of sp³-hybridized carbons (Fsp3) is 0.800. The lowest BCUT2D eigenvalue weighted by Gasteiger charge is -2.41. The Labute approximate surface area is 83.9 Å². The number of carbonyl (C=O) groups excluding carboxylic acids is 1. The summed E-state index contributed by atoms with van der Waals surface area (Å²) in [6.07, 6.45) is 5.63. The van der Waals surface area contributed by atoms with E-state index < -0.39 is 11.5 Å². The normalized spacial score (nSPS) is 20.1. The number of nitrogens with zero attached hydrogens (tertiary/aromatic N) is 1. The van der Waals surface area contributed by atoms with Crippen molar-refractivity contribution in [1.82, 2.24) is 4.90 Å². The summed E-state index contributed by atoms with van der Waals surface area (Å²) >= 11 is 0. The van der Waals surface area contributed by atoms with Gasteiger partial charge in [-0.2, -0.15) is 0 Å². The molecule has 14 heavy (non-hydrogen) atoms. The van der Waals surface area contributed by atoms with E-state index in [1.807, 2.05) is 0 Å². The van der Waals surface area contributed by atoms with Gasteiger partial charge in [-0.05, 0) is 12.8 Å². The van der Waals surface area contributed by atoms with Crippen LogP contribution in [-0.4, -0.2) is 35.0 Å². The first kappa shape index (κ1) is 11.0. The molecule has 0 aromatic carbocycles. The Hall–Kier alpha value is -1.06. The molecule has 0 bridgehead atoms. The molecule has 4 nitrogen and oxygen atoms in total. The Morgan fingerprint density at radius 3 is 2.43 bits per heavy atom. The highest BCUT2D eigenvalue weighted by molar-refractivity contribution is 5.69. The molecular weight excluding hydrogens is 182 g/mol. The van der Waals surface area contributed by atoms with Gasteiger partial charge in [-0.1, -0.05) is 19.3 Å². The first-order chi connectivity index (χ1) is 6.60. The molecule has 80 valence electrons. The summed E-state index contributed by atoms with van der Waals surface area (Å²) in [6, 6.07) is 0. The Morgan fingerprint density at radius 2 is 2.00 bits per heavy atom. The van der Waals surface area contributed by atoms with Crippen LogP contribution in [0.15, 0.2) is 0 Å². The van der Waals surface area contributed by atoms with E-state index in [1.165, 1.54) is 0 Å². The maximum Gasteiger partial charge on any atom is 0.305 e. The maximum absolute atomic E-state index is 10.8. The summed E-state index contributed by atoms with van der Waals surface area (Å²) < 4.78 is 0. The van der Waals surface area contributed by atoms with Gasteiger partial charge < -0.3 is 10.0 Å². The zero-order valence-electron chi connectivity index (χ0n) is 8.53. The smallest absolute Gasteiger partial charge is 0.305 e. The van der Waals surface area contributed by atoms with Crippen molar-refractivity contribution >= 4 is 12.4 Å². The zero-order chi connectivity index (χ0) is 10.6. The van der Waals surface area contributed by atoms with Crippen LogP contribution in [0.4, 0.5) is 0 Å². The van der Waals surface area contributed by atoms with Crippen molar-refractivity contribution < 1.29 is 14.7 Å². The summed E-state index contributed by atoms with van der Waals surface area (Å²) in [6.45, 7) is 0. The lowest BCUT2D eigenvalue weighted by atomic mass is 9.78. The number of amides is 1. The van der Waals surface area contributed by atoms with Crippen molar-refractivity contribution in [2.45, 2.75) is 44.1 Å². The monoisotopic (exact) mass is 199 g/mol. The third-order valence-electron chi connectivity index (χ3n) is 3.17. The average molecular weight is 199 g/mol. The molecule has 4 heteroatoms. The molecule has 0 unspecified atom stereocenters. The number of aliphatic carboxylic acids is 1. The Morgan fingerprint density at radius 1 is 1.43 bits per heavy atom. The second kappa shape index (κ2) is 4.44. The Kier molecular flexibility index (Phi) is 3.49. The Balaban J connectivity index is 2.76. The van der Waals surface area contributed by atoms with Crippen LogP contribution in [0.25, 0.3) is 0 Å². The molecule has 1 aliphatic carbocycles. The molecule has 0 aromatic heterocycles. The highest BCUT2D eigenvalue weighted by atomic mass is 16.4. The van der Waals surface area contributed by atoms with Gasteiger partial charge in [-0.3, -0.25) is 9.59 Å². The van der Waals surface area contributed by atoms with E-state index in [9.17, 15) is 9.59 Å². The van der Waals surface area contributed by atoms with E-state index in [-0.39, 0.29) is 6.42 Å². The molecule has 0 aromatic rings. The predicted molar refractivity (Wildman–Crippen MR) is 51.9 cm³/mol. The molecule has 0 atom stereocenters. The van der Waals surface area contributed by atoms with E-state index in [4.69, 9.17) is 5.11 Å². The lowest BCUT2D eigenvalue weighted by molar-refractivity contribution is -0.142. The molecule has 0 radical (unpaired) electrons. The van der Waals surface area contributed by atoms with Crippen LogP contribution in [-0.2, 0) is 9.59 Å². The molecule has 0 heterocycles. The van der Waals surface area contributed by atoms with Gasteiger partial charge in [-0.15, -0.1) is 0 Å². The molecular formula is C10H17NO3. The molecule has 1 N–H and O–H groups in total. The van der Waals surface area contributed by atoms with E-state index in [0.29, 0.717) is 0 Å². The molecule has 1 fully saturated rings. The second-order valence-electron chi connectivity index (χ2n) is 4.07. The maximum atomic E-state index is 10.8. The van der Waals surface area contributed by atoms with Crippen LogP contribution < -0.4 is 0 Å². The van der Waals surface area contributed by atoms with Crippen LogP contribution in [0.3, 0.4) is 0 Å². The minimum atomic E-state index is -0.819. The van der Waals surface area contributed by atoms with Crippen LogP contribution in [0.5, 0.6) is 0 Å². The van der Waals surface area contributed by atoms with Gasteiger partial charge in [0.1, 0.15) is 0 Å². The summed E-state index contributed by atoms with van der Waals surface area (Å²) in [4.78, 5) is 23.0. The molecule has 0 aliphatic heterocycles. The van der Waals surface area contributed by atoms with Gasteiger partial charge in [0, 0.05) is 7.05 Å². The van der Waals surface area contributed by atoms with Crippen molar-refractivity contribution in [3.8, 4) is 0 Å². The van der Waals surface area contributed by atoms with Gasteiger partial charge in [-0.25, -0.2) is 0 Å².